The van der Waals surface area contributed by atoms with E-state index in [2.05, 4.69) is 15.0 Å². The number of thioether (sulfide) groups is 1. The van der Waals surface area contributed by atoms with E-state index in [0.717, 1.165) is 17.8 Å². The number of esters is 1. The molecule has 1 aliphatic rings. The van der Waals surface area contributed by atoms with Gasteiger partial charge in [0.15, 0.2) is 5.17 Å². The summed E-state index contributed by atoms with van der Waals surface area (Å²) in [4.78, 5) is 27.1. The minimum atomic E-state index is -0.603. The molecule has 1 N–H and O–H groups in total. The Morgan fingerprint density at radius 3 is 2.85 bits per heavy atom. The number of carbonyl (C=O) groups is 2. The van der Waals surface area contributed by atoms with Crippen molar-refractivity contribution in [1.82, 2.24) is 5.32 Å². The highest BCUT2D eigenvalue weighted by molar-refractivity contribution is 8.18. The molecule has 5 nitrogen and oxygen atoms in total. The molecule has 0 atom stereocenters. The van der Waals surface area contributed by atoms with E-state index < -0.39 is 11.9 Å². The predicted octanol–water partition coefficient (Wildman–Crippen LogP) is 2.90. The summed E-state index contributed by atoms with van der Waals surface area (Å²) in [6, 6.07) is 4.82. The number of hydrogen-bond donors (Lipinski definition) is 1. The third-order valence-corrected chi connectivity index (χ3v) is 3.68. The third-order valence-electron chi connectivity index (χ3n) is 2.23. The Morgan fingerprint density at radius 1 is 1.45 bits per heavy atom. The predicted molar refractivity (Wildman–Crippen MR) is 79.4 cm³/mol. The second kappa shape index (κ2) is 6.30. The smallest absolute Gasteiger partial charge is 0.331 e. The number of aliphatic imine (C=N–C) groups is 1. The van der Waals surface area contributed by atoms with Crippen molar-refractivity contribution < 1.29 is 14.3 Å². The van der Waals surface area contributed by atoms with E-state index >= 15 is 0 Å². The molecule has 0 aromatic heterocycles. The topological polar surface area (TPSA) is 67.8 Å². The van der Waals surface area contributed by atoms with Crippen molar-refractivity contribution >= 4 is 57.7 Å². The molecule has 0 bridgehead atoms. The largest absolute Gasteiger partial charge is 0.466 e. The summed E-state index contributed by atoms with van der Waals surface area (Å²) in [5.74, 6) is -1.02. The molecule has 1 fully saturated rings. The summed E-state index contributed by atoms with van der Waals surface area (Å²) in [5.41, 5.74) is 0.471. The number of methoxy groups -OCH3 is 1. The van der Waals surface area contributed by atoms with Gasteiger partial charge < -0.3 is 10.1 Å². The molecule has 1 aromatic carbocycles. The van der Waals surface area contributed by atoms with Gasteiger partial charge in [-0.3, -0.25) is 4.79 Å². The lowest BCUT2D eigenvalue weighted by Gasteiger charge is -1.99. The zero-order chi connectivity index (χ0) is 14.7. The Morgan fingerprint density at radius 2 is 2.20 bits per heavy atom. The van der Waals surface area contributed by atoms with Crippen LogP contribution < -0.4 is 5.32 Å². The molecular formula is C12H8Cl2N2O3S. The van der Waals surface area contributed by atoms with E-state index in [1.807, 2.05) is 0 Å². The van der Waals surface area contributed by atoms with Gasteiger partial charge >= 0.3 is 5.97 Å². The number of carbonyl (C=O) groups excluding carboxylic acids is 2. The summed E-state index contributed by atoms with van der Waals surface area (Å²) in [6.45, 7) is 0. The molecule has 0 aliphatic carbocycles. The highest BCUT2D eigenvalue weighted by atomic mass is 35.5. The molecule has 1 amide bonds. The molecule has 1 aliphatic heterocycles. The van der Waals surface area contributed by atoms with Crippen LogP contribution in [0.5, 0.6) is 0 Å². The van der Waals surface area contributed by atoms with Crippen molar-refractivity contribution in [3.63, 3.8) is 0 Å². The van der Waals surface area contributed by atoms with E-state index in [1.165, 1.54) is 7.11 Å². The molecule has 8 heteroatoms. The van der Waals surface area contributed by atoms with Crippen LogP contribution >= 0.6 is 35.0 Å². The van der Waals surface area contributed by atoms with E-state index in [9.17, 15) is 9.59 Å². The van der Waals surface area contributed by atoms with Gasteiger partial charge in [0.2, 0.25) is 0 Å². The fraction of sp³-hybridized carbons (Fsp3) is 0.0833. The molecular weight excluding hydrogens is 323 g/mol. The fourth-order valence-corrected chi connectivity index (χ4v) is 2.57. The lowest BCUT2D eigenvalue weighted by atomic mass is 10.3. The summed E-state index contributed by atoms with van der Waals surface area (Å²) < 4.78 is 4.46. The van der Waals surface area contributed by atoms with Gasteiger partial charge in [0.05, 0.1) is 22.7 Å². The van der Waals surface area contributed by atoms with Gasteiger partial charge in [0.25, 0.3) is 5.91 Å². The maximum atomic E-state index is 11.6. The van der Waals surface area contributed by atoms with Crippen molar-refractivity contribution in [3.8, 4) is 0 Å². The minimum Gasteiger partial charge on any atom is -0.466 e. The zero-order valence-electron chi connectivity index (χ0n) is 10.1. The number of hydrogen-bond acceptors (Lipinski definition) is 5. The van der Waals surface area contributed by atoms with Gasteiger partial charge in [0, 0.05) is 11.1 Å². The van der Waals surface area contributed by atoms with Crippen LogP contribution in [-0.2, 0) is 14.3 Å². The van der Waals surface area contributed by atoms with Gasteiger partial charge in [-0.1, -0.05) is 23.2 Å². The first kappa shape index (κ1) is 14.9. The molecule has 1 aromatic rings. The molecule has 0 spiro atoms. The van der Waals surface area contributed by atoms with Crippen molar-refractivity contribution in [3.05, 3.63) is 39.2 Å². The second-order valence-electron chi connectivity index (χ2n) is 3.60. The standard InChI is InChI=1S/C12H8Cl2N2O3S/c1-19-10(17)5-9-11(18)16-12(20-9)15-8-3-2-6(13)4-7(8)14/h2-5H,1H3,(H,15,16,18). The minimum absolute atomic E-state index is 0.209. The molecule has 0 saturated carbocycles. The number of amides is 1. The third kappa shape index (κ3) is 3.53. The SMILES string of the molecule is COC(=O)C=C1SC(=Nc2ccc(Cl)cc2Cl)NC1=O. The van der Waals surface area contributed by atoms with E-state index in [0.29, 0.717) is 20.9 Å². The van der Waals surface area contributed by atoms with Crippen LogP contribution in [0.4, 0.5) is 5.69 Å². The molecule has 2 rings (SSSR count). The van der Waals surface area contributed by atoms with Crippen LogP contribution in [-0.4, -0.2) is 24.2 Å². The Kier molecular flexibility index (Phi) is 4.69. The van der Waals surface area contributed by atoms with Crippen LogP contribution in [0.3, 0.4) is 0 Å². The Labute approximate surface area is 129 Å². The van der Waals surface area contributed by atoms with Crippen molar-refractivity contribution in [2.75, 3.05) is 7.11 Å². The first-order chi connectivity index (χ1) is 9.49. The molecule has 0 radical (unpaired) electrons. The van der Waals surface area contributed by atoms with Crippen LogP contribution in [0.2, 0.25) is 10.0 Å². The number of amidine groups is 1. The quantitative estimate of drug-likeness (QED) is 0.668. The maximum Gasteiger partial charge on any atom is 0.331 e. The maximum absolute atomic E-state index is 11.6. The number of nitrogens with zero attached hydrogens (tertiary/aromatic N) is 1. The summed E-state index contributed by atoms with van der Waals surface area (Å²) >= 11 is 12.8. The molecule has 104 valence electrons. The highest BCUT2D eigenvalue weighted by Crippen LogP contribution is 2.31. The number of nitrogens with one attached hydrogen (secondary N) is 1. The summed E-state index contributed by atoms with van der Waals surface area (Å²) in [6.07, 6.45) is 1.10. The Bertz CT molecular complexity index is 644. The molecule has 1 heterocycles. The first-order valence-corrected chi connectivity index (χ1v) is 6.89. The Balaban J connectivity index is 2.23. The number of benzene rings is 1. The second-order valence-corrected chi connectivity index (χ2v) is 5.47. The van der Waals surface area contributed by atoms with Crippen molar-refractivity contribution in [2.45, 2.75) is 0 Å². The van der Waals surface area contributed by atoms with Gasteiger partial charge in [0.1, 0.15) is 0 Å². The van der Waals surface area contributed by atoms with Crippen LogP contribution in [0, 0.1) is 0 Å². The summed E-state index contributed by atoms with van der Waals surface area (Å²) in [7, 11) is 1.24. The Hall–Kier alpha value is -1.50. The highest BCUT2D eigenvalue weighted by Gasteiger charge is 2.25. The average molecular weight is 331 g/mol. The van der Waals surface area contributed by atoms with Crippen molar-refractivity contribution in [1.29, 1.82) is 0 Å². The number of halogens is 2. The van der Waals surface area contributed by atoms with Crippen LogP contribution in [0.1, 0.15) is 0 Å². The fourth-order valence-electron chi connectivity index (χ4n) is 1.33. The lowest BCUT2D eigenvalue weighted by Crippen LogP contribution is -2.19. The first-order valence-electron chi connectivity index (χ1n) is 5.32. The van der Waals surface area contributed by atoms with E-state index in [-0.39, 0.29) is 4.91 Å². The van der Waals surface area contributed by atoms with Gasteiger partial charge in [-0.2, -0.15) is 0 Å². The van der Waals surface area contributed by atoms with Gasteiger partial charge in [-0.15, -0.1) is 0 Å². The number of rotatable bonds is 2. The van der Waals surface area contributed by atoms with Gasteiger partial charge in [-0.25, -0.2) is 9.79 Å². The zero-order valence-corrected chi connectivity index (χ0v) is 12.5. The molecule has 1 saturated heterocycles. The lowest BCUT2D eigenvalue weighted by molar-refractivity contribution is -0.135. The van der Waals surface area contributed by atoms with E-state index in [1.54, 1.807) is 18.2 Å². The molecule has 0 unspecified atom stereocenters. The molecule has 20 heavy (non-hydrogen) atoms. The number of ether oxygens (including phenoxy) is 1. The monoisotopic (exact) mass is 330 g/mol. The summed E-state index contributed by atoms with van der Waals surface area (Å²) in [5, 5.41) is 3.72. The average Bonchev–Trinajstić information content (AvgIpc) is 2.73. The van der Waals surface area contributed by atoms with E-state index in [4.69, 9.17) is 23.2 Å². The van der Waals surface area contributed by atoms with Gasteiger partial charge in [-0.05, 0) is 30.0 Å². The van der Waals surface area contributed by atoms with Crippen LogP contribution in [0.25, 0.3) is 0 Å². The van der Waals surface area contributed by atoms with Crippen molar-refractivity contribution in [2.24, 2.45) is 4.99 Å². The normalized spacial score (nSPS) is 18.4. The van der Waals surface area contributed by atoms with Crippen LogP contribution in [0.15, 0.2) is 34.2 Å².